The number of aromatic nitrogens is 2. The van der Waals surface area contributed by atoms with Gasteiger partial charge in [0.15, 0.2) is 9.84 Å². The molecule has 2 aromatic carbocycles. The summed E-state index contributed by atoms with van der Waals surface area (Å²) in [6.45, 7) is 4.46. The van der Waals surface area contributed by atoms with Gasteiger partial charge < -0.3 is 4.90 Å². The highest BCUT2D eigenvalue weighted by atomic mass is 32.2. The molecule has 1 saturated heterocycles. The van der Waals surface area contributed by atoms with Gasteiger partial charge in [-0.1, -0.05) is 35.6 Å². The fourth-order valence-electron chi connectivity index (χ4n) is 3.72. The fourth-order valence-corrected chi connectivity index (χ4v) is 5.72. The average Bonchev–Trinajstić information content (AvgIpc) is 3.34. The van der Waals surface area contributed by atoms with Gasteiger partial charge in [0.2, 0.25) is 16.9 Å². The van der Waals surface area contributed by atoms with Crippen LogP contribution in [0.1, 0.15) is 28.5 Å². The van der Waals surface area contributed by atoms with Gasteiger partial charge in [-0.25, -0.2) is 8.42 Å². The van der Waals surface area contributed by atoms with E-state index in [2.05, 4.69) is 21.6 Å². The molecule has 0 spiro atoms. The molecule has 0 bridgehead atoms. The molecule has 1 fully saturated rings. The Morgan fingerprint density at radius 1 is 1.12 bits per heavy atom. The van der Waals surface area contributed by atoms with Crippen LogP contribution in [0.5, 0.6) is 0 Å². The smallest absolute Gasteiger partial charge is 0.241 e. The van der Waals surface area contributed by atoms with Crippen LogP contribution < -0.4 is 10.2 Å². The first kappa shape index (κ1) is 22.1. The number of hydrogen-bond acceptors (Lipinski definition) is 7. The van der Waals surface area contributed by atoms with Crippen molar-refractivity contribution in [3.8, 4) is 0 Å². The average molecular weight is 471 g/mol. The first-order chi connectivity index (χ1) is 15.2. The first-order valence-electron chi connectivity index (χ1n) is 10.0. The molecule has 2 heterocycles. The molecule has 1 aliphatic heterocycles. The Morgan fingerprint density at radius 3 is 2.50 bits per heavy atom. The van der Waals surface area contributed by atoms with E-state index in [4.69, 9.17) is 0 Å². The molecule has 1 N–H and O–H groups in total. The molecule has 32 heavy (non-hydrogen) atoms. The van der Waals surface area contributed by atoms with Crippen molar-refractivity contribution in [3.63, 3.8) is 0 Å². The summed E-state index contributed by atoms with van der Waals surface area (Å²) >= 11 is 1.16. The molecule has 1 atom stereocenters. The number of benzene rings is 2. The van der Waals surface area contributed by atoms with Crippen LogP contribution in [0.3, 0.4) is 0 Å². The lowest BCUT2D eigenvalue weighted by atomic mass is 10.1. The molecule has 2 amide bonds. The number of sulfone groups is 1. The zero-order valence-electron chi connectivity index (χ0n) is 17.6. The van der Waals surface area contributed by atoms with Crippen molar-refractivity contribution in [2.24, 2.45) is 0 Å². The van der Waals surface area contributed by atoms with Crippen molar-refractivity contribution < 1.29 is 18.0 Å². The van der Waals surface area contributed by atoms with Crippen molar-refractivity contribution in [2.75, 3.05) is 22.5 Å². The van der Waals surface area contributed by atoms with Crippen molar-refractivity contribution in [1.29, 1.82) is 0 Å². The van der Waals surface area contributed by atoms with Gasteiger partial charge in [-0.3, -0.25) is 14.9 Å². The molecular formula is C22H22N4O4S2. The lowest BCUT2D eigenvalue weighted by Gasteiger charge is -2.17. The fraction of sp³-hybridized carbons (Fsp3) is 0.273. The summed E-state index contributed by atoms with van der Waals surface area (Å²) in [5, 5.41) is 11.4. The van der Waals surface area contributed by atoms with Crippen LogP contribution in [0.15, 0.2) is 53.4 Å². The number of amides is 2. The van der Waals surface area contributed by atoms with E-state index in [-0.39, 0.29) is 21.9 Å². The zero-order chi connectivity index (χ0) is 22.9. The monoisotopic (exact) mass is 470 g/mol. The standard InChI is InChI=1S/C22H22N4O4S2/c1-14-8-15(2)10-17(9-14)26-12-16(11-20(26)28)21-24-25-22(31-21)23-19(27)13-32(29,30)18-6-4-3-5-7-18/h3-10,16H,11-13H2,1-2H3,(H,23,25,27)/t16-/m1/s1. The minimum atomic E-state index is -3.75. The second kappa shape index (κ2) is 8.79. The van der Waals surface area contributed by atoms with Crippen LogP contribution in [-0.4, -0.2) is 42.7 Å². The normalized spacial score (nSPS) is 16.4. The Hall–Kier alpha value is -3.11. The van der Waals surface area contributed by atoms with Gasteiger partial charge in [-0.15, -0.1) is 10.2 Å². The highest BCUT2D eigenvalue weighted by molar-refractivity contribution is 7.92. The quantitative estimate of drug-likeness (QED) is 0.593. The van der Waals surface area contributed by atoms with Gasteiger partial charge in [0, 0.05) is 24.6 Å². The van der Waals surface area contributed by atoms with Gasteiger partial charge in [-0.05, 0) is 49.2 Å². The minimum Gasteiger partial charge on any atom is -0.312 e. The van der Waals surface area contributed by atoms with Crippen LogP contribution in [0.25, 0.3) is 0 Å². The van der Waals surface area contributed by atoms with Crippen LogP contribution in [0.2, 0.25) is 0 Å². The van der Waals surface area contributed by atoms with Crippen LogP contribution in [0, 0.1) is 13.8 Å². The maximum Gasteiger partial charge on any atom is 0.241 e. The van der Waals surface area contributed by atoms with E-state index >= 15 is 0 Å². The van der Waals surface area contributed by atoms with Gasteiger partial charge in [-0.2, -0.15) is 0 Å². The summed E-state index contributed by atoms with van der Waals surface area (Å²) in [5.41, 5.74) is 3.03. The highest BCUT2D eigenvalue weighted by Crippen LogP contribution is 2.34. The number of rotatable bonds is 6. The number of carbonyl (C=O) groups excluding carboxylic acids is 2. The SMILES string of the molecule is Cc1cc(C)cc(N2C[C@H](c3nnc(NC(=O)CS(=O)(=O)c4ccccc4)s3)CC2=O)c1. The van der Waals surface area contributed by atoms with Crippen molar-refractivity contribution >= 4 is 43.8 Å². The molecule has 10 heteroatoms. The van der Waals surface area contributed by atoms with E-state index in [1.54, 1.807) is 23.1 Å². The van der Waals surface area contributed by atoms with Gasteiger partial charge in [0.1, 0.15) is 10.8 Å². The number of carbonyl (C=O) groups is 2. The maximum absolute atomic E-state index is 12.6. The highest BCUT2D eigenvalue weighted by Gasteiger charge is 2.34. The van der Waals surface area contributed by atoms with E-state index in [9.17, 15) is 18.0 Å². The number of hydrogen-bond donors (Lipinski definition) is 1. The molecule has 1 aliphatic rings. The lowest BCUT2D eigenvalue weighted by molar-refractivity contribution is -0.117. The largest absolute Gasteiger partial charge is 0.312 e. The first-order valence-corrected chi connectivity index (χ1v) is 12.5. The molecule has 3 aromatic rings. The topological polar surface area (TPSA) is 109 Å². The summed E-state index contributed by atoms with van der Waals surface area (Å²) in [5.74, 6) is -1.50. The summed E-state index contributed by atoms with van der Waals surface area (Å²) in [6.07, 6.45) is 0.304. The van der Waals surface area contributed by atoms with Crippen molar-refractivity contribution in [1.82, 2.24) is 10.2 Å². The van der Waals surface area contributed by atoms with Crippen LogP contribution >= 0.6 is 11.3 Å². The number of aryl methyl sites for hydroxylation is 2. The zero-order valence-corrected chi connectivity index (χ0v) is 19.2. The molecule has 166 valence electrons. The Labute approximate surface area is 190 Å². The second-order valence-electron chi connectivity index (χ2n) is 7.82. The van der Waals surface area contributed by atoms with E-state index in [0.717, 1.165) is 28.2 Å². The second-order valence-corrected chi connectivity index (χ2v) is 10.8. The van der Waals surface area contributed by atoms with Crippen LogP contribution in [-0.2, 0) is 19.4 Å². The molecule has 0 unspecified atom stereocenters. The number of nitrogens with zero attached hydrogens (tertiary/aromatic N) is 3. The molecule has 1 aromatic heterocycles. The lowest BCUT2D eigenvalue weighted by Crippen LogP contribution is -2.24. The third-order valence-electron chi connectivity index (χ3n) is 5.10. The van der Waals surface area contributed by atoms with Crippen LogP contribution in [0.4, 0.5) is 10.8 Å². The molecule has 0 aliphatic carbocycles. The molecule has 0 saturated carbocycles. The number of anilines is 2. The van der Waals surface area contributed by atoms with Crippen molar-refractivity contribution in [3.05, 3.63) is 64.7 Å². The molecular weight excluding hydrogens is 448 g/mol. The van der Waals surface area contributed by atoms with E-state index < -0.39 is 21.5 Å². The van der Waals surface area contributed by atoms with Gasteiger partial charge >= 0.3 is 0 Å². The van der Waals surface area contributed by atoms with E-state index in [1.807, 2.05) is 26.0 Å². The third-order valence-corrected chi connectivity index (χ3v) is 7.74. The predicted molar refractivity (Wildman–Crippen MR) is 123 cm³/mol. The van der Waals surface area contributed by atoms with Gasteiger partial charge in [0.25, 0.3) is 0 Å². The van der Waals surface area contributed by atoms with E-state index in [1.165, 1.54) is 12.1 Å². The summed E-state index contributed by atoms with van der Waals surface area (Å²) in [6, 6.07) is 13.8. The number of nitrogens with one attached hydrogen (secondary N) is 1. The Bertz CT molecular complexity index is 1250. The van der Waals surface area contributed by atoms with Gasteiger partial charge in [0.05, 0.1) is 4.90 Å². The molecule has 8 nitrogen and oxygen atoms in total. The van der Waals surface area contributed by atoms with E-state index in [0.29, 0.717) is 18.0 Å². The Morgan fingerprint density at radius 2 is 1.81 bits per heavy atom. The summed E-state index contributed by atoms with van der Waals surface area (Å²) in [4.78, 5) is 26.7. The predicted octanol–water partition coefficient (Wildman–Crippen LogP) is 3.09. The Balaban J connectivity index is 1.42. The minimum absolute atomic E-state index is 0.00902. The molecule has 4 rings (SSSR count). The molecule has 0 radical (unpaired) electrons. The van der Waals surface area contributed by atoms with Crippen molar-refractivity contribution in [2.45, 2.75) is 31.1 Å². The summed E-state index contributed by atoms with van der Waals surface area (Å²) in [7, 11) is -3.75. The third kappa shape index (κ3) is 4.86. The Kier molecular flexibility index (Phi) is 6.07. The maximum atomic E-state index is 12.6. The summed E-state index contributed by atoms with van der Waals surface area (Å²) < 4.78 is 24.7.